The molecule has 0 radical (unpaired) electrons. The average Bonchev–Trinajstić information content (AvgIpc) is 3.59. The van der Waals surface area contributed by atoms with Crippen LogP contribution >= 0.6 is 0 Å². The Kier molecular flexibility index (Phi) is 9.60. The fourth-order valence-electron chi connectivity index (χ4n) is 6.22. The molecule has 0 atom stereocenters. The molecule has 4 N–H and O–H groups in total. The minimum absolute atomic E-state index is 0. The van der Waals surface area contributed by atoms with Crippen LogP contribution in [0.3, 0.4) is 0 Å². The summed E-state index contributed by atoms with van der Waals surface area (Å²) in [6, 6.07) is 8.19. The maximum Gasteiger partial charge on any atom is 0.303 e. The summed E-state index contributed by atoms with van der Waals surface area (Å²) in [6.45, 7) is 12.5. The van der Waals surface area contributed by atoms with Gasteiger partial charge in [-0.05, 0) is 122 Å². The first-order valence-corrected chi connectivity index (χ1v) is 14.6. The second-order valence-corrected chi connectivity index (χ2v) is 11.2. The van der Waals surface area contributed by atoms with Gasteiger partial charge in [-0.25, -0.2) is 9.97 Å². The van der Waals surface area contributed by atoms with E-state index in [9.17, 15) is 19.8 Å². The number of hydrogen-bond donors (Lipinski definition) is 4. The van der Waals surface area contributed by atoms with Crippen LogP contribution in [0.2, 0.25) is 0 Å². The van der Waals surface area contributed by atoms with Gasteiger partial charge in [0, 0.05) is 56.0 Å². The van der Waals surface area contributed by atoms with Crippen LogP contribution in [0.4, 0.5) is 0 Å². The molecule has 0 amide bonds. The number of carboxylic acids is 2. The molecule has 2 aliphatic rings. The summed E-state index contributed by atoms with van der Waals surface area (Å²) in [7, 11) is 0. The summed E-state index contributed by atoms with van der Waals surface area (Å²) in [5, 5.41) is 18.9. The Morgan fingerprint density at radius 1 is 0.628 bits per heavy atom. The zero-order valence-electron chi connectivity index (χ0n) is 25.5. The van der Waals surface area contributed by atoms with E-state index < -0.39 is 11.9 Å². The van der Waals surface area contributed by atoms with Crippen molar-refractivity contribution in [1.29, 1.82) is 0 Å². The van der Waals surface area contributed by atoms with E-state index in [-0.39, 0.29) is 33.9 Å². The van der Waals surface area contributed by atoms with Gasteiger partial charge in [-0.15, -0.1) is 0 Å². The monoisotopic (exact) mass is 761 g/mol. The normalized spacial score (nSPS) is 13.0. The van der Waals surface area contributed by atoms with Crippen molar-refractivity contribution in [3.05, 3.63) is 69.3 Å². The number of H-pyrrole nitrogens is 2. The largest absolute Gasteiger partial charge is 0.481 e. The second kappa shape index (κ2) is 12.8. The Morgan fingerprint density at radius 2 is 1.02 bits per heavy atom. The van der Waals surface area contributed by atoms with E-state index in [1.807, 2.05) is 26.0 Å². The van der Waals surface area contributed by atoms with E-state index in [0.29, 0.717) is 24.2 Å². The molecule has 2 aliphatic heterocycles. The number of carbonyl (C=O) groups is 2. The van der Waals surface area contributed by atoms with E-state index in [1.54, 1.807) is 0 Å². The molecule has 228 valence electrons. The number of aryl methyl sites for hydroxylation is 4. The number of aromatic nitrogens is 4. The third kappa shape index (κ3) is 6.16. The fraction of sp³-hybridized carbons (Fsp3) is 0.353. The third-order valence-electron chi connectivity index (χ3n) is 8.69. The molecule has 43 heavy (non-hydrogen) atoms. The Morgan fingerprint density at radius 3 is 1.44 bits per heavy atom. The van der Waals surface area contributed by atoms with Crippen molar-refractivity contribution in [2.24, 2.45) is 0 Å². The van der Waals surface area contributed by atoms with Gasteiger partial charge in [0.15, 0.2) is 0 Å². The van der Waals surface area contributed by atoms with Crippen molar-refractivity contribution >= 4 is 56.3 Å². The molecule has 5 heterocycles. The zero-order chi connectivity index (χ0) is 30.3. The second-order valence-electron chi connectivity index (χ2n) is 11.2. The molecule has 0 aliphatic carbocycles. The van der Waals surface area contributed by atoms with Crippen LogP contribution in [0.15, 0.2) is 24.3 Å². The first kappa shape index (κ1) is 32.1. The van der Waals surface area contributed by atoms with Crippen LogP contribution in [-0.4, -0.2) is 42.1 Å². The van der Waals surface area contributed by atoms with Gasteiger partial charge in [0.25, 0.3) is 0 Å². The van der Waals surface area contributed by atoms with Crippen molar-refractivity contribution in [3.63, 3.8) is 0 Å². The van der Waals surface area contributed by atoms with Gasteiger partial charge in [-0.2, -0.15) is 0 Å². The number of nitrogens with zero attached hydrogens (tertiary/aromatic N) is 2. The van der Waals surface area contributed by atoms with Gasteiger partial charge in [-0.1, -0.05) is 13.8 Å². The Balaban J connectivity index is 0.00000423. The molecular weight excluding hydrogens is 723 g/mol. The number of rotatable bonds is 8. The number of nitrogens with one attached hydrogen (secondary N) is 2. The maximum absolute atomic E-state index is 11.5. The summed E-state index contributed by atoms with van der Waals surface area (Å²) in [4.78, 5) is 40.3. The molecule has 8 bridgehead atoms. The zero-order valence-corrected chi connectivity index (χ0v) is 27.7. The Bertz CT molecular complexity index is 1860. The van der Waals surface area contributed by atoms with Gasteiger partial charge in [0.1, 0.15) is 0 Å². The van der Waals surface area contributed by atoms with Crippen LogP contribution in [-0.2, 0) is 43.5 Å². The predicted octanol–water partition coefficient (Wildman–Crippen LogP) is 7.64. The molecule has 0 fully saturated rings. The van der Waals surface area contributed by atoms with Gasteiger partial charge >= 0.3 is 11.9 Å². The van der Waals surface area contributed by atoms with Crippen molar-refractivity contribution in [3.8, 4) is 0 Å². The van der Waals surface area contributed by atoms with Gasteiger partial charge in [0.2, 0.25) is 0 Å². The van der Waals surface area contributed by atoms with E-state index in [4.69, 9.17) is 9.97 Å². The number of hydrogen-bond acceptors (Lipinski definition) is 4. The average molecular weight is 762 g/mol. The SMILES string of the molecule is CCc1c(C)c2cc3[nH]c(cc4nc(cc5nc(cc1[nH]2)C(C)=C5CCC(=O)O)C(CCC(=O)O)=C4C)c(C)c3CC.[Pt]. The van der Waals surface area contributed by atoms with Crippen LogP contribution < -0.4 is 0 Å². The van der Waals surface area contributed by atoms with E-state index in [1.165, 1.54) is 16.7 Å². The fourth-order valence-corrected chi connectivity index (χ4v) is 6.22. The van der Waals surface area contributed by atoms with Crippen LogP contribution in [0.25, 0.3) is 44.4 Å². The summed E-state index contributed by atoms with van der Waals surface area (Å²) < 4.78 is 0. The molecular formula is C34H38N4O4Pt. The minimum Gasteiger partial charge on any atom is -0.481 e. The van der Waals surface area contributed by atoms with Crippen molar-refractivity contribution in [2.45, 2.75) is 80.1 Å². The summed E-state index contributed by atoms with van der Waals surface area (Å²) in [5.74, 6) is -1.74. The van der Waals surface area contributed by atoms with Crippen molar-refractivity contribution in [1.82, 2.24) is 19.9 Å². The Hall–Kier alpha value is -3.77. The molecule has 3 aromatic rings. The molecule has 0 aromatic carbocycles. The molecule has 0 saturated heterocycles. The number of carboxylic acid groups (broad SMARTS) is 2. The standard InChI is InChI=1S/C34H38N4O4.Pt/c1-7-21-17(3)25-13-26-19(5)23(9-11-33(39)40)31(37-26)16-32-24(10-12-34(41)42)20(6)28(38-32)15-30-22(8-2)18(4)27(36-30)14-29(21)35-25;/h13-16,35-36H,7-12H2,1-6H3,(H,39,40)(H,41,42);. The van der Waals surface area contributed by atoms with E-state index in [2.05, 4.69) is 49.8 Å². The van der Waals surface area contributed by atoms with Gasteiger partial charge in [-0.3, -0.25) is 9.59 Å². The molecule has 9 heteroatoms. The van der Waals surface area contributed by atoms with Gasteiger partial charge < -0.3 is 20.2 Å². The summed E-state index contributed by atoms with van der Waals surface area (Å²) in [5.41, 5.74) is 15.4. The minimum atomic E-state index is -0.869. The summed E-state index contributed by atoms with van der Waals surface area (Å²) >= 11 is 0. The van der Waals surface area contributed by atoms with E-state index in [0.717, 1.165) is 74.2 Å². The van der Waals surface area contributed by atoms with Crippen LogP contribution in [0.5, 0.6) is 0 Å². The van der Waals surface area contributed by atoms with Gasteiger partial charge in [0.05, 0.1) is 22.8 Å². The number of aliphatic carboxylic acids is 2. The molecule has 5 rings (SSSR count). The van der Waals surface area contributed by atoms with Crippen LogP contribution in [0, 0.1) is 13.8 Å². The molecule has 0 saturated carbocycles. The van der Waals surface area contributed by atoms with Crippen molar-refractivity contribution in [2.75, 3.05) is 0 Å². The Labute approximate surface area is 265 Å². The predicted molar refractivity (Wildman–Crippen MR) is 168 cm³/mol. The first-order chi connectivity index (χ1) is 20.0. The number of aromatic amines is 2. The van der Waals surface area contributed by atoms with Crippen LogP contribution in [0.1, 0.15) is 98.4 Å². The third-order valence-corrected chi connectivity index (χ3v) is 8.69. The number of fused-ring (bicyclic) bond motifs is 8. The number of allylic oxidation sites excluding steroid dienone is 4. The summed E-state index contributed by atoms with van der Waals surface area (Å²) in [6.07, 6.45) is 2.37. The van der Waals surface area contributed by atoms with Crippen molar-refractivity contribution < 1.29 is 40.9 Å². The first-order valence-electron chi connectivity index (χ1n) is 14.6. The topological polar surface area (TPSA) is 132 Å². The maximum atomic E-state index is 11.5. The molecule has 3 aromatic heterocycles. The molecule has 0 spiro atoms. The molecule has 8 nitrogen and oxygen atoms in total. The molecule has 0 unspecified atom stereocenters. The van der Waals surface area contributed by atoms with E-state index >= 15 is 0 Å². The quantitative estimate of drug-likeness (QED) is 0.187. The smallest absolute Gasteiger partial charge is 0.303 e.